The van der Waals surface area contributed by atoms with E-state index >= 15 is 0 Å². The molecule has 3 heteroatoms. The van der Waals surface area contributed by atoms with Crippen molar-refractivity contribution in [3.05, 3.63) is 67.1 Å². The first kappa shape index (κ1) is 16.5. The topological polar surface area (TPSA) is 12.0 Å². The minimum Gasteiger partial charge on any atom is -0.309 e. The summed E-state index contributed by atoms with van der Waals surface area (Å²) in [6.07, 6.45) is 0. The number of hydrogen-bond acceptors (Lipinski definition) is 1. The number of rotatable bonds is 3. The smallest absolute Gasteiger partial charge is 0.0591 e. The van der Waals surface area contributed by atoms with Gasteiger partial charge in [-0.15, -0.1) is 0 Å². The van der Waals surface area contributed by atoms with Crippen LogP contribution in [0.4, 0.5) is 0 Å². The molecule has 0 aliphatic carbocycles. The van der Waals surface area contributed by atoms with Crippen LogP contribution in [0, 0.1) is 27.7 Å². The first-order valence-corrected chi connectivity index (χ1v) is 8.23. The third-order valence-corrected chi connectivity index (χ3v) is 5.23. The van der Waals surface area contributed by atoms with E-state index in [2.05, 4.69) is 55.0 Å². The number of halogens is 2. The molecule has 1 atom stereocenters. The highest BCUT2D eigenvalue weighted by atomic mass is 79.9. The van der Waals surface area contributed by atoms with Gasteiger partial charge < -0.3 is 5.32 Å². The number of benzene rings is 2. The van der Waals surface area contributed by atoms with Crippen LogP contribution in [-0.4, -0.2) is 7.05 Å². The van der Waals surface area contributed by atoms with E-state index in [1.54, 1.807) is 0 Å². The lowest BCUT2D eigenvalue weighted by Gasteiger charge is -2.25. The number of nitrogens with one attached hydrogen (secondary N) is 1. The number of aryl methyl sites for hydroxylation is 2. The summed E-state index contributed by atoms with van der Waals surface area (Å²) >= 11 is 9.86. The zero-order valence-corrected chi connectivity index (χ0v) is 15.5. The summed E-state index contributed by atoms with van der Waals surface area (Å²) < 4.78 is 1.07. The van der Waals surface area contributed by atoms with Gasteiger partial charge in [0.2, 0.25) is 0 Å². The summed E-state index contributed by atoms with van der Waals surface area (Å²) in [7, 11) is 1.99. The predicted molar refractivity (Wildman–Crippen MR) is 95.4 cm³/mol. The van der Waals surface area contributed by atoms with Gasteiger partial charge in [-0.05, 0) is 86.3 Å². The average molecular weight is 367 g/mol. The van der Waals surface area contributed by atoms with Crippen molar-refractivity contribution in [3.8, 4) is 0 Å². The fourth-order valence-corrected chi connectivity index (χ4v) is 3.53. The molecule has 1 unspecified atom stereocenters. The van der Waals surface area contributed by atoms with Crippen molar-refractivity contribution >= 4 is 27.5 Å². The Balaban J connectivity index is 2.70. The molecule has 112 valence electrons. The van der Waals surface area contributed by atoms with Gasteiger partial charge in [-0.2, -0.15) is 0 Å². The monoisotopic (exact) mass is 365 g/mol. The molecule has 0 amide bonds. The van der Waals surface area contributed by atoms with Crippen LogP contribution in [-0.2, 0) is 0 Å². The van der Waals surface area contributed by atoms with Gasteiger partial charge >= 0.3 is 0 Å². The predicted octanol–water partition coefficient (Wildman–Crippen LogP) is 5.64. The molecule has 0 spiro atoms. The molecule has 0 aromatic heterocycles. The van der Waals surface area contributed by atoms with E-state index in [0.29, 0.717) is 0 Å². The molecule has 0 aliphatic heterocycles. The largest absolute Gasteiger partial charge is 0.309 e. The Labute approximate surface area is 140 Å². The van der Waals surface area contributed by atoms with E-state index in [1.165, 1.54) is 33.4 Å². The quantitative estimate of drug-likeness (QED) is 0.740. The van der Waals surface area contributed by atoms with Crippen LogP contribution in [0.3, 0.4) is 0 Å². The first-order chi connectivity index (χ1) is 9.86. The summed E-state index contributed by atoms with van der Waals surface area (Å²) in [5.74, 6) is 0. The van der Waals surface area contributed by atoms with Gasteiger partial charge in [0.05, 0.1) is 6.04 Å². The van der Waals surface area contributed by atoms with Crippen LogP contribution < -0.4 is 5.32 Å². The van der Waals surface area contributed by atoms with Crippen LogP contribution >= 0.6 is 27.5 Å². The van der Waals surface area contributed by atoms with Gasteiger partial charge in [0.25, 0.3) is 0 Å². The highest BCUT2D eigenvalue weighted by Crippen LogP contribution is 2.35. The molecule has 1 N–H and O–H groups in total. The maximum Gasteiger partial charge on any atom is 0.0591 e. The highest BCUT2D eigenvalue weighted by molar-refractivity contribution is 9.10. The van der Waals surface area contributed by atoms with E-state index in [4.69, 9.17) is 11.6 Å². The Morgan fingerprint density at radius 2 is 1.57 bits per heavy atom. The normalized spacial score (nSPS) is 12.5. The minimum atomic E-state index is 0.122. The fourth-order valence-electron chi connectivity index (χ4n) is 2.87. The SMILES string of the molecule is CNC(c1cc(Cl)ccc1Br)c1c(C)c(C)cc(C)c1C. The van der Waals surface area contributed by atoms with Gasteiger partial charge in [0.1, 0.15) is 0 Å². The minimum absolute atomic E-state index is 0.122. The summed E-state index contributed by atoms with van der Waals surface area (Å²) in [6.45, 7) is 8.73. The van der Waals surface area contributed by atoms with E-state index < -0.39 is 0 Å². The molecule has 0 heterocycles. The van der Waals surface area contributed by atoms with Crippen molar-refractivity contribution in [2.75, 3.05) is 7.05 Å². The maximum absolute atomic E-state index is 6.20. The van der Waals surface area contributed by atoms with Crippen LogP contribution in [0.5, 0.6) is 0 Å². The Bertz CT molecular complexity index is 653. The molecule has 2 rings (SSSR count). The standard InChI is InChI=1S/C18H21BrClN/c1-10-8-11(2)13(4)17(12(10)3)18(21-5)15-9-14(20)6-7-16(15)19/h6-9,18,21H,1-5H3. The average Bonchev–Trinajstić information content (AvgIpc) is 2.44. The molecule has 21 heavy (non-hydrogen) atoms. The maximum atomic E-state index is 6.20. The molecule has 2 aromatic carbocycles. The number of hydrogen-bond donors (Lipinski definition) is 1. The molecule has 0 saturated heterocycles. The highest BCUT2D eigenvalue weighted by Gasteiger charge is 2.21. The van der Waals surface area contributed by atoms with E-state index in [0.717, 1.165) is 9.50 Å². The van der Waals surface area contributed by atoms with Gasteiger partial charge in [-0.1, -0.05) is 33.6 Å². The van der Waals surface area contributed by atoms with E-state index in [-0.39, 0.29) is 6.04 Å². The third-order valence-electron chi connectivity index (χ3n) is 4.27. The summed E-state index contributed by atoms with van der Waals surface area (Å²) in [6, 6.07) is 8.33. The van der Waals surface area contributed by atoms with Crippen molar-refractivity contribution in [2.24, 2.45) is 0 Å². The molecule has 0 bridgehead atoms. The summed E-state index contributed by atoms with van der Waals surface area (Å²) in [5.41, 5.74) is 7.84. The fraction of sp³-hybridized carbons (Fsp3) is 0.333. The zero-order chi connectivity index (χ0) is 15.7. The molecule has 0 fully saturated rings. The zero-order valence-electron chi connectivity index (χ0n) is 13.1. The third kappa shape index (κ3) is 3.18. The molecule has 0 aliphatic rings. The van der Waals surface area contributed by atoms with Gasteiger partial charge in [0.15, 0.2) is 0 Å². The van der Waals surface area contributed by atoms with Crippen molar-refractivity contribution in [1.82, 2.24) is 5.32 Å². The summed E-state index contributed by atoms with van der Waals surface area (Å²) in [5, 5.41) is 4.21. The van der Waals surface area contributed by atoms with Crippen molar-refractivity contribution in [3.63, 3.8) is 0 Å². The molecule has 1 nitrogen and oxygen atoms in total. The van der Waals surface area contributed by atoms with Gasteiger partial charge in [-0.3, -0.25) is 0 Å². The lowest BCUT2D eigenvalue weighted by Crippen LogP contribution is -2.21. The molecule has 0 radical (unpaired) electrons. The molecular formula is C18H21BrClN. The lowest BCUT2D eigenvalue weighted by atomic mass is 9.87. The second-order valence-corrected chi connectivity index (χ2v) is 6.85. The van der Waals surface area contributed by atoms with Crippen LogP contribution in [0.1, 0.15) is 39.4 Å². The van der Waals surface area contributed by atoms with Crippen LogP contribution in [0.25, 0.3) is 0 Å². The van der Waals surface area contributed by atoms with Crippen LogP contribution in [0.15, 0.2) is 28.7 Å². The Morgan fingerprint density at radius 1 is 1.00 bits per heavy atom. The Hall–Kier alpha value is -0.830. The van der Waals surface area contributed by atoms with E-state index in [9.17, 15) is 0 Å². The van der Waals surface area contributed by atoms with Crippen molar-refractivity contribution in [2.45, 2.75) is 33.7 Å². The Morgan fingerprint density at radius 3 is 2.10 bits per heavy atom. The second kappa shape index (κ2) is 6.51. The molecule has 0 saturated carbocycles. The second-order valence-electron chi connectivity index (χ2n) is 5.56. The first-order valence-electron chi connectivity index (χ1n) is 7.06. The summed E-state index contributed by atoms with van der Waals surface area (Å²) in [4.78, 5) is 0. The van der Waals surface area contributed by atoms with Crippen molar-refractivity contribution in [1.29, 1.82) is 0 Å². The molecular weight excluding hydrogens is 346 g/mol. The van der Waals surface area contributed by atoms with Crippen LogP contribution in [0.2, 0.25) is 5.02 Å². The molecule has 2 aromatic rings. The van der Waals surface area contributed by atoms with E-state index in [1.807, 2.05) is 25.2 Å². The van der Waals surface area contributed by atoms with Gasteiger partial charge in [-0.25, -0.2) is 0 Å². The van der Waals surface area contributed by atoms with Crippen molar-refractivity contribution < 1.29 is 0 Å². The van der Waals surface area contributed by atoms with Gasteiger partial charge in [0, 0.05) is 9.50 Å². The Kier molecular flexibility index (Phi) is 5.13. The lowest BCUT2D eigenvalue weighted by molar-refractivity contribution is 0.678.